The fraction of sp³-hybridized carbons (Fsp3) is 0.333. The SMILES string of the molecule is COc1ccc(N(CC(=O)N(Cc2ccc(Cl)cc2)[C@H](C)C(=O)NCC(C)C)S(=O)(=O)c2ccccc2)cc1OC. The molecule has 220 valence electrons. The van der Waals surface area contributed by atoms with Gasteiger partial charge in [-0.2, -0.15) is 0 Å². The molecule has 0 aromatic heterocycles. The van der Waals surface area contributed by atoms with Crippen molar-refractivity contribution in [3.63, 3.8) is 0 Å². The predicted octanol–water partition coefficient (Wildman–Crippen LogP) is 4.74. The van der Waals surface area contributed by atoms with Crippen LogP contribution in [0, 0.1) is 5.92 Å². The Morgan fingerprint density at radius 2 is 1.54 bits per heavy atom. The molecule has 1 atom stereocenters. The predicted molar refractivity (Wildman–Crippen MR) is 160 cm³/mol. The minimum Gasteiger partial charge on any atom is -0.493 e. The van der Waals surface area contributed by atoms with Crippen LogP contribution in [-0.2, 0) is 26.2 Å². The Bertz CT molecular complexity index is 1430. The van der Waals surface area contributed by atoms with Gasteiger partial charge in [-0.3, -0.25) is 13.9 Å². The molecule has 3 aromatic rings. The minimum atomic E-state index is -4.20. The van der Waals surface area contributed by atoms with E-state index in [0.717, 1.165) is 9.87 Å². The number of amides is 2. The number of nitrogens with zero attached hydrogens (tertiary/aromatic N) is 2. The summed E-state index contributed by atoms with van der Waals surface area (Å²) < 4.78 is 39.5. The maximum atomic E-state index is 14.0. The van der Waals surface area contributed by atoms with Gasteiger partial charge in [0.25, 0.3) is 10.0 Å². The van der Waals surface area contributed by atoms with Gasteiger partial charge in [0, 0.05) is 24.2 Å². The summed E-state index contributed by atoms with van der Waals surface area (Å²) in [6.07, 6.45) is 0. The molecule has 2 amide bonds. The van der Waals surface area contributed by atoms with Crippen molar-refractivity contribution in [2.45, 2.75) is 38.3 Å². The van der Waals surface area contributed by atoms with Crippen molar-refractivity contribution in [2.75, 3.05) is 31.6 Å². The largest absolute Gasteiger partial charge is 0.493 e. The van der Waals surface area contributed by atoms with E-state index < -0.39 is 28.5 Å². The number of hydrogen-bond acceptors (Lipinski definition) is 6. The quantitative estimate of drug-likeness (QED) is 0.303. The highest BCUT2D eigenvalue weighted by molar-refractivity contribution is 7.92. The number of anilines is 1. The molecule has 0 radical (unpaired) electrons. The van der Waals surface area contributed by atoms with Crippen LogP contribution in [0.1, 0.15) is 26.3 Å². The van der Waals surface area contributed by atoms with Gasteiger partial charge in [0.15, 0.2) is 11.5 Å². The Kier molecular flexibility index (Phi) is 11.0. The molecule has 0 heterocycles. The Balaban J connectivity index is 2.05. The highest BCUT2D eigenvalue weighted by atomic mass is 35.5. The Hall–Kier alpha value is -3.76. The van der Waals surface area contributed by atoms with Crippen molar-refractivity contribution < 1.29 is 27.5 Å². The van der Waals surface area contributed by atoms with Gasteiger partial charge in [-0.15, -0.1) is 0 Å². The van der Waals surface area contributed by atoms with Crippen LogP contribution in [0.25, 0.3) is 0 Å². The lowest BCUT2D eigenvalue weighted by molar-refractivity contribution is -0.139. The number of nitrogens with one attached hydrogen (secondary N) is 1. The lowest BCUT2D eigenvalue weighted by Crippen LogP contribution is -2.51. The van der Waals surface area contributed by atoms with Crippen LogP contribution in [0.2, 0.25) is 5.02 Å². The maximum absolute atomic E-state index is 14.0. The fourth-order valence-electron chi connectivity index (χ4n) is 4.05. The summed E-state index contributed by atoms with van der Waals surface area (Å²) in [6.45, 7) is 5.50. The van der Waals surface area contributed by atoms with Crippen LogP contribution in [0.4, 0.5) is 5.69 Å². The molecule has 1 N–H and O–H groups in total. The van der Waals surface area contributed by atoms with Crippen LogP contribution in [0.15, 0.2) is 77.7 Å². The van der Waals surface area contributed by atoms with Crippen molar-refractivity contribution in [1.82, 2.24) is 10.2 Å². The lowest BCUT2D eigenvalue weighted by Gasteiger charge is -2.32. The van der Waals surface area contributed by atoms with Crippen LogP contribution in [0.5, 0.6) is 11.5 Å². The summed E-state index contributed by atoms with van der Waals surface area (Å²) in [5.41, 5.74) is 0.929. The van der Waals surface area contributed by atoms with Crippen LogP contribution in [0.3, 0.4) is 0 Å². The second-order valence-corrected chi connectivity index (χ2v) is 12.1. The lowest BCUT2D eigenvalue weighted by atomic mass is 10.1. The summed E-state index contributed by atoms with van der Waals surface area (Å²) >= 11 is 6.05. The summed E-state index contributed by atoms with van der Waals surface area (Å²) in [4.78, 5) is 28.5. The third-order valence-corrected chi connectivity index (χ3v) is 8.42. The average molecular weight is 602 g/mol. The number of carbonyl (C=O) groups excluding carboxylic acids is 2. The molecule has 0 saturated heterocycles. The number of benzene rings is 3. The van der Waals surface area contributed by atoms with Gasteiger partial charge in [-0.1, -0.05) is 55.8 Å². The highest BCUT2D eigenvalue weighted by Crippen LogP contribution is 2.34. The van der Waals surface area contributed by atoms with E-state index in [4.69, 9.17) is 21.1 Å². The molecule has 9 nitrogen and oxygen atoms in total. The topological polar surface area (TPSA) is 105 Å². The molecule has 41 heavy (non-hydrogen) atoms. The van der Waals surface area contributed by atoms with E-state index >= 15 is 0 Å². The van der Waals surface area contributed by atoms with Crippen molar-refractivity contribution >= 4 is 39.1 Å². The second kappa shape index (κ2) is 14.2. The standard InChI is InChI=1S/C30H36ClN3O6S/c1-21(2)18-32-30(36)22(3)33(19-23-11-13-24(31)14-12-23)29(35)20-34(41(37,38)26-9-7-6-8-10-26)25-15-16-27(39-4)28(17-25)40-5/h6-17,21-22H,18-20H2,1-5H3,(H,32,36)/t22-/m1/s1. The average Bonchev–Trinajstić information content (AvgIpc) is 2.97. The van der Waals surface area contributed by atoms with Crippen molar-refractivity contribution in [2.24, 2.45) is 5.92 Å². The van der Waals surface area contributed by atoms with Crippen molar-refractivity contribution in [3.05, 3.63) is 83.4 Å². The number of halogens is 1. The maximum Gasteiger partial charge on any atom is 0.264 e. The van der Waals surface area contributed by atoms with E-state index in [1.54, 1.807) is 55.5 Å². The molecule has 0 saturated carbocycles. The zero-order chi connectivity index (χ0) is 30.2. The minimum absolute atomic E-state index is 0.00885. The van der Waals surface area contributed by atoms with Gasteiger partial charge in [0.1, 0.15) is 12.6 Å². The smallest absolute Gasteiger partial charge is 0.264 e. The number of sulfonamides is 1. The van der Waals surface area contributed by atoms with E-state index in [-0.39, 0.29) is 29.0 Å². The molecule has 0 bridgehead atoms. The first-order valence-corrected chi connectivity index (χ1v) is 14.9. The molecular formula is C30H36ClN3O6S. The second-order valence-electron chi connectivity index (χ2n) is 9.83. The van der Waals surface area contributed by atoms with Gasteiger partial charge in [-0.05, 0) is 54.8 Å². The van der Waals surface area contributed by atoms with Crippen LogP contribution < -0.4 is 19.1 Å². The summed E-state index contributed by atoms with van der Waals surface area (Å²) in [7, 11) is -1.29. The third kappa shape index (κ3) is 8.14. The summed E-state index contributed by atoms with van der Waals surface area (Å²) in [6, 6.07) is 18.5. The van der Waals surface area contributed by atoms with E-state index in [9.17, 15) is 18.0 Å². The highest BCUT2D eigenvalue weighted by Gasteiger charge is 2.33. The van der Waals surface area contributed by atoms with E-state index in [2.05, 4.69) is 5.32 Å². The van der Waals surface area contributed by atoms with E-state index in [1.165, 1.54) is 43.4 Å². The van der Waals surface area contributed by atoms with Crippen molar-refractivity contribution in [3.8, 4) is 11.5 Å². The number of carbonyl (C=O) groups is 2. The zero-order valence-electron chi connectivity index (χ0n) is 23.8. The van der Waals surface area contributed by atoms with E-state index in [1.807, 2.05) is 13.8 Å². The Morgan fingerprint density at radius 1 is 0.902 bits per heavy atom. The first-order valence-electron chi connectivity index (χ1n) is 13.1. The monoisotopic (exact) mass is 601 g/mol. The first kappa shape index (κ1) is 31.8. The third-order valence-electron chi connectivity index (χ3n) is 6.38. The Labute approximate surface area is 247 Å². The number of hydrogen-bond donors (Lipinski definition) is 1. The molecule has 3 rings (SSSR count). The zero-order valence-corrected chi connectivity index (χ0v) is 25.4. The van der Waals surface area contributed by atoms with Gasteiger partial charge in [0.05, 0.1) is 24.8 Å². The number of rotatable bonds is 13. The first-order chi connectivity index (χ1) is 19.5. The number of methoxy groups -OCH3 is 2. The normalized spacial score (nSPS) is 12.0. The van der Waals surface area contributed by atoms with Gasteiger partial charge < -0.3 is 19.7 Å². The molecule has 0 aliphatic carbocycles. The summed E-state index contributed by atoms with van der Waals surface area (Å²) in [5, 5.41) is 3.40. The molecule has 0 aliphatic rings. The molecule has 0 spiro atoms. The number of ether oxygens (including phenoxy) is 2. The van der Waals surface area contributed by atoms with Gasteiger partial charge in [-0.25, -0.2) is 8.42 Å². The van der Waals surface area contributed by atoms with Crippen LogP contribution >= 0.6 is 11.6 Å². The van der Waals surface area contributed by atoms with Crippen molar-refractivity contribution in [1.29, 1.82) is 0 Å². The van der Waals surface area contributed by atoms with E-state index in [0.29, 0.717) is 23.1 Å². The van der Waals surface area contributed by atoms with Gasteiger partial charge >= 0.3 is 0 Å². The molecule has 0 aliphatic heterocycles. The molecule has 0 fully saturated rings. The van der Waals surface area contributed by atoms with Crippen LogP contribution in [-0.4, -0.2) is 58.5 Å². The molecule has 3 aromatic carbocycles. The Morgan fingerprint density at radius 3 is 2.12 bits per heavy atom. The van der Waals surface area contributed by atoms with Gasteiger partial charge in [0.2, 0.25) is 11.8 Å². The molecule has 0 unspecified atom stereocenters. The fourth-order valence-corrected chi connectivity index (χ4v) is 5.60. The molecule has 11 heteroatoms. The molecular weight excluding hydrogens is 566 g/mol. The summed E-state index contributed by atoms with van der Waals surface area (Å²) in [5.74, 6) is -0.00114.